The Morgan fingerprint density at radius 3 is 2.59 bits per heavy atom. The first-order valence-electron chi connectivity index (χ1n) is 11.9. The molecule has 3 aliphatic heterocycles. The van der Waals surface area contributed by atoms with E-state index in [9.17, 15) is 18.0 Å². The fraction of sp³-hybridized carbons (Fsp3) is 0.652. The zero-order valence-electron chi connectivity index (χ0n) is 19.9. The molecule has 0 aromatic heterocycles. The molecule has 1 aromatic carbocycles. The van der Waals surface area contributed by atoms with Gasteiger partial charge in [-0.3, -0.25) is 14.5 Å². The summed E-state index contributed by atoms with van der Waals surface area (Å²) < 4.78 is 32.9. The Labute approximate surface area is 206 Å². The molecule has 0 saturated carbocycles. The average molecular weight is 511 g/mol. The van der Waals surface area contributed by atoms with Crippen LogP contribution < -0.4 is 10.2 Å². The number of ether oxygens (including phenoxy) is 1. The number of piperidine rings is 1. The topological polar surface area (TPSA) is 99.3 Å². The average Bonchev–Trinajstić information content (AvgIpc) is 2.83. The van der Waals surface area contributed by atoms with Crippen molar-refractivity contribution in [1.82, 2.24) is 14.5 Å². The van der Waals surface area contributed by atoms with Gasteiger partial charge in [-0.25, -0.2) is 8.42 Å². The number of hydrogen-bond acceptors (Lipinski definition) is 7. The third kappa shape index (κ3) is 5.59. The molecular weight excluding hydrogens is 476 g/mol. The maximum absolute atomic E-state index is 13.1. The number of carbonyl (C=O) groups is 2. The third-order valence-corrected chi connectivity index (χ3v) is 9.79. The SMILES string of the molecule is C[C@H]1CCC[C@H](C)N1CCNC(=O)CN1C(=O)CSc2ccc(S(=O)(=O)N3CCOCC3)cc21. The van der Waals surface area contributed by atoms with Gasteiger partial charge in [0.25, 0.3) is 0 Å². The van der Waals surface area contributed by atoms with Gasteiger partial charge in [-0.2, -0.15) is 4.31 Å². The second-order valence-corrected chi connectivity index (χ2v) is 12.1. The molecule has 0 aliphatic carbocycles. The smallest absolute Gasteiger partial charge is 0.243 e. The van der Waals surface area contributed by atoms with Crippen LogP contribution in [0.3, 0.4) is 0 Å². The van der Waals surface area contributed by atoms with Gasteiger partial charge in [-0.15, -0.1) is 11.8 Å². The lowest BCUT2D eigenvalue weighted by molar-refractivity contribution is -0.123. The van der Waals surface area contributed by atoms with Crippen LogP contribution >= 0.6 is 11.8 Å². The van der Waals surface area contributed by atoms with E-state index < -0.39 is 10.0 Å². The van der Waals surface area contributed by atoms with E-state index in [1.54, 1.807) is 12.1 Å². The molecule has 1 aromatic rings. The van der Waals surface area contributed by atoms with Crippen molar-refractivity contribution in [3.63, 3.8) is 0 Å². The molecule has 2 atom stereocenters. The summed E-state index contributed by atoms with van der Waals surface area (Å²) in [7, 11) is -3.70. The first-order chi connectivity index (χ1) is 16.3. The Bertz CT molecular complexity index is 1000. The molecule has 1 N–H and O–H groups in total. The molecule has 2 saturated heterocycles. The summed E-state index contributed by atoms with van der Waals surface area (Å²) in [4.78, 5) is 30.2. The molecule has 9 nitrogen and oxygen atoms in total. The van der Waals surface area contributed by atoms with Crippen LogP contribution in [0.25, 0.3) is 0 Å². The quantitative estimate of drug-likeness (QED) is 0.594. The van der Waals surface area contributed by atoms with Crippen LogP contribution in [-0.2, 0) is 24.3 Å². The Balaban J connectivity index is 1.43. The van der Waals surface area contributed by atoms with Gasteiger partial charge >= 0.3 is 0 Å². The first-order valence-corrected chi connectivity index (χ1v) is 14.4. The highest BCUT2D eigenvalue weighted by atomic mass is 32.2. The van der Waals surface area contributed by atoms with Crippen LogP contribution in [0.4, 0.5) is 5.69 Å². The van der Waals surface area contributed by atoms with Crippen molar-refractivity contribution < 1.29 is 22.7 Å². The molecule has 4 rings (SSSR count). The summed E-state index contributed by atoms with van der Waals surface area (Å²) in [6, 6.07) is 5.82. The second-order valence-electron chi connectivity index (χ2n) is 9.13. The van der Waals surface area contributed by atoms with E-state index in [4.69, 9.17) is 4.74 Å². The zero-order chi connectivity index (χ0) is 24.3. The molecule has 34 heavy (non-hydrogen) atoms. The van der Waals surface area contributed by atoms with E-state index in [2.05, 4.69) is 24.1 Å². The van der Waals surface area contributed by atoms with Crippen molar-refractivity contribution in [2.45, 2.75) is 55.0 Å². The summed E-state index contributed by atoms with van der Waals surface area (Å²) in [6.45, 7) is 6.93. The Morgan fingerprint density at radius 2 is 1.88 bits per heavy atom. The fourth-order valence-electron chi connectivity index (χ4n) is 4.89. The summed E-state index contributed by atoms with van der Waals surface area (Å²) in [5.41, 5.74) is 0.476. The van der Waals surface area contributed by atoms with Gasteiger partial charge in [0, 0.05) is 43.2 Å². The largest absolute Gasteiger partial charge is 0.379 e. The molecule has 0 spiro atoms. The molecule has 0 radical (unpaired) electrons. The van der Waals surface area contributed by atoms with Crippen molar-refractivity contribution in [1.29, 1.82) is 0 Å². The maximum atomic E-state index is 13.1. The maximum Gasteiger partial charge on any atom is 0.243 e. The number of likely N-dealkylation sites (tertiary alicyclic amines) is 1. The van der Waals surface area contributed by atoms with Crippen LogP contribution in [0.5, 0.6) is 0 Å². The van der Waals surface area contributed by atoms with Crippen LogP contribution in [-0.4, -0.2) is 93.2 Å². The number of morpholine rings is 1. The minimum atomic E-state index is -3.70. The molecule has 0 bridgehead atoms. The highest BCUT2D eigenvalue weighted by Gasteiger charge is 2.31. The van der Waals surface area contributed by atoms with E-state index in [1.807, 2.05) is 0 Å². The minimum Gasteiger partial charge on any atom is -0.379 e. The van der Waals surface area contributed by atoms with Crippen LogP contribution in [0.1, 0.15) is 33.1 Å². The molecule has 2 amide bonds. The van der Waals surface area contributed by atoms with Gasteiger partial charge in [0.05, 0.1) is 29.5 Å². The number of benzene rings is 1. The number of anilines is 1. The molecule has 2 fully saturated rings. The zero-order valence-corrected chi connectivity index (χ0v) is 21.5. The van der Waals surface area contributed by atoms with Gasteiger partial charge in [-0.1, -0.05) is 6.42 Å². The van der Waals surface area contributed by atoms with E-state index in [-0.39, 0.29) is 29.0 Å². The van der Waals surface area contributed by atoms with Crippen molar-refractivity contribution in [3.05, 3.63) is 18.2 Å². The predicted octanol–water partition coefficient (Wildman–Crippen LogP) is 1.53. The monoisotopic (exact) mass is 510 g/mol. The molecular formula is C23H34N4O5S2. The van der Waals surface area contributed by atoms with Crippen LogP contribution in [0.2, 0.25) is 0 Å². The number of nitrogens with one attached hydrogen (secondary N) is 1. The highest BCUT2D eigenvalue weighted by Crippen LogP contribution is 2.37. The van der Waals surface area contributed by atoms with Gasteiger partial charge in [0.15, 0.2) is 0 Å². The molecule has 188 valence electrons. The number of amides is 2. The molecule has 0 unspecified atom stereocenters. The Morgan fingerprint density at radius 1 is 1.18 bits per heavy atom. The number of carbonyl (C=O) groups excluding carboxylic acids is 2. The van der Waals surface area contributed by atoms with Crippen molar-refractivity contribution in [2.24, 2.45) is 0 Å². The lowest BCUT2D eigenvalue weighted by Crippen LogP contribution is -2.49. The number of sulfonamides is 1. The minimum absolute atomic E-state index is 0.126. The predicted molar refractivity (Wildman–Crippen MR) is 132 cm³/mol. The van der Waals surface area contributed by atoms with Gasteiger partial charge in [-0.05, 0) is 44.9 Å². The van der Waals surface area contributed by atoms with E-state index in [1.165, 1.54) is 46.3 Å². The van der Waals surface area contributed by atoms with Crippen molar-refractivity contribution >= 4 is 39.3 Å². The number of hydrogen-bond donors (Lipinski definition) is 1. The summed E-state index contributed by atoms with van der Waals surface area (Å²) in [5.74, 6) is -0.227. The lowest BCUT2D eigenvalue weighted by Gasteiger charge is -2.39. The molecule has 11 heteroatoms. The highest BCUT2D eigenvalue weighted by molar-refractivity contribution is 8.00. The Hall–Kier alpha value is -1.66. The second kappa shape index (κ2) is 10.9. The molecule has 3 aliphatic rings. The van der Waals surface area contributed by atoms with Crippen molar-refractivity contribution in [2.75, 3.05) is 56.6 Å². The van der Waals surface area contributed by atoms with Crippen LogP contribution in [0, 0.1) is 0 Å². The van der Waals surface area contributed by atoms with E-state index >= 15 is 0 Å². The normalized spacial score (nSPS) is 24.6. The number of thioether (sulfide) groups is 1. The third-order valence-electron chi connectivity index (χ3n) is 6.85. The number of nitrogens with zero attached hydrogens (tertiary/aromatic N) is 3. The number of fused-ring (bicyclic) bond motifs is 1. The van der Waals surface area contributed by atoms with Gasteiger partial charge in [0.1, 0.15) is 6.54 Å². The lowest BCUT2D eigenvalue weighted by atomic mass is 9.98. The summed E-state index contributed by atoms with van der Waals surface area (Å²) >= 11 is 1.36. The van der Waals surface area contributed by atoms with Crippen LogP contribution in [0.15, 0.2) is 28.0 Å². The van der Waals surface area contributed by atoms with E-state index in [0.29, 0.717) is 50.6 Å². The first kappa shape index (κ1) is 25.4. The summed E-state index contributed by atoms with van der Waals surface area (Å²) in [5, 5.41) is 2.94. The van der Waals surface area contributed by atoms with Gasteiger partial charge < -0.3 is 15.0 Å². The standard InChI is InChI=1S/C23H34N4O5S2/c1-17-4-3-5-18(2)26(17)9-8-24-22(28)15-27-20-14-19(6-7-21(20)33-16-23(27)29)34(30,31)25-10-12-32-13-11-25/h6-7,14,17-18H,3-5,8-13,15-16H2,1-2H3,(H,24,28)/t17-,18-/m0/s1. The van der Waals surface area contributed by atoms with Gasteiger partial charge in [0.2, 0.25) is 21.8 Å². The summed E-state index contributed by atoms with van der Waals surface area (Å²) in [6.07, 6.45) is 3.58. The van der Waals surface area contributed by atoms with Crippen molar-refractivity contribution in [3.8, 4) is 0 Å². The molecule has 3 heterocycles. The van der Waals surface area contributed by atoms with E-state index in [0.717, 1.165) is 11.4 Å². The fourth-order valence-corrected chi connectivity index (χ4v) is 7.24. The number of rotatable bonds is 7. The Kier molecular flexibility index (Phi) is 8.19.